The van der Waals surface area contributed by atoms with Gasteiger partial charge in [0, 0.05) is 6.42 Å². The molecule has 0 rings (SSSR count). The molecule has 0 bridgehead atoms. The Morgan fingerprint density at radius 1 is 1.36 bits per heavy atom. The lowest BCUT2D eigenvalue weighted by Crippen LogP contribution is -2.20. The van der Waals surface area contributed by atoms with E-state index in [-0.39, 0.29) is 5.41 Å². The molecular formula is C9H19NO. The standard InChI is InChI=1S/C9H19NO/c1-9(2,3)6-5-8(11)7-10-4/h10H,5-7H2,1-4H3. The van der Waals surface area contributed by atoms with Gasteiger partial charge >= 0.3 is 0 Å². The van der Waals surface area contributed by atoms with E-state index in [0.717, 1.165) is 6.42 Å². The highest BCUT2D eigenvalue weighted by molar-refractivity contribution is 5.80. The summed E-state index contributed by atoms with van der Waals surface area (Å²) in [5.74, 6) is 0.308. The summed E-state index contributed by atoms with van der Waals surface area (Å²) in [7, 11) is 1.80. The van der Waals surface area contributed by atoms with E-state index in [1.807, 2.05) is 0 Å². The molecule has 0 unspecified atom stereocenters. The highest BCUT2D eigenvalue weighted by Crippen LogP contribution is 2.20. The molecule has 11 heavy (non-hydrogen) atoms. The molecule has 0 aromatic rings. The van der Waals surface area contributed by atoms with E-state index in [4.69, 9.17) is 0 Å². The molecule has 0 aliphatic rings. The molecule has 0 fully saturated rings. The lowest BCUT2D eigenvalue weighted by molar-refractivity contribution is -0.118. The molecule has 0 aromatic carbocycles. The number of Topliss-reactive ketones (excluding diaryl/α,β-unsaturated/α-hetero) is 1. The van der Waals surface area contributed by atoms with E-state index < -0.39 is 0 Å². The van der Waals surface area contributed by atoms with Crippen LogP contribution in [0.4, 0.5) is 0 Å². The van der Waals surface area contributed by atoms with Gasteiger partial charge in [0.15, 0.2) is 0 Å². The minimum absolute atomic E-state index is 0.281. The SMILES string of the molecule is CNCC(=O)CCC(C)(C)C. The van der Waals surface area contributed by atoms with Gasteiger partial charge in [0.1, 0.15) is 5.78 Å². The second-order valence-electron chi connectivity index (χ2n) is 4.13. The molecule has 0 radical (unpaired) electrons. The summed E-state index contributed by atoms with van der Waals surface area (Å²) in [6.45, 7) is 6.97. The smallest absolute Gasteiger partial charge is 0.146 e. The van der Waals surface area contributed by atoms with E-state index in [1.165, 1.54) is 0 Å². The first kappa shape index (κ1) is 10.6. The van der Waals surface area contributed by atoms with Crippen LogP contribution in [-0.2, 0) is 4.79 Å². The minimum atomic E-state index is 0.281. The topological polar surface area (TPSA) is 29.1 Å². The normalized spacial score (nSPS) is 11.6. The van der Waals surface area contributed by atoms with E-state index >= 15 is 0 Å². The number of likely N-dealkylation sites (N-methyl/N-ethyl adjacent to an activating group) is 1. The van der Waals surface area contributed by atoms with Gasteiger partial charge in [-0.25, -0.2) is 0 Å². The van der Waals surface area contributed by atoms with Crippen LogP contribution in [0, 0.1) is 5.41 Å². The number of hydrogen-bond donors (Lipinski definition) is 1. The molecule has 0 saturated carbocycles. The van der Waals surface area contributed by atoms with Gasteiger partial charge in [-0.15, -0.1) is 0 Å². The van der Waals surface area contributed by atoms with Crippen LogP contribution in [0.15, 0.2) is 0 Å². The number of ketones is 1. The van der Waals surface area contributed by atoms with Crippen molar-refractivity contribution in [1.82, 2.24) is 5.32 Å². The Balaban J connectivity index is 3.46. The van der Waals surface area contributed by atoms with Gasteiger partial charge in [-0.1, -0.05) is 20.8 Å². The van der Waals surface area contributed by atoms with Crippen LogP contribution < -0.4 is 5.32 Å². The monoisotopic (exact) mass is 157 g/mol. The molecule has 0 aliphatic heterocycles. The highest BCUT2D eigenvalue weighted by Gasteiger charge is 2.11. The van der Waals surface area contributed by atoms with Gasteiger partial charge in [0.05, 0.1) is 6.54 Å². The number of carbonyl (C=O) groups excluding carboxylic acids is 1. The lowest BCUT2D eigenvalue weighted by atomic mass is 9.89. The first-order valence-corrected chi connectivity index (χ1v) is 4.12. The van der Waals surface area contributed by atoms with Gasteiger partial charge in [0.25, 0.3) is 0 Å². The van der Waals surface area contributed by atoms with Gasteiger partial charge in [-0.3, -0.25) is 4.79 Å². The fourth-order valence-electron chi connectivity index (χ4n) is 0.800. The summed E-state index contributed by atoms with van der Waals surface area (Å²) in [5.41, 5.74) is 0.281. The Morgan fingerprint density at radius 2 is 1.91 bits per heavy atom. The van der Waals surface area contributed by atoms with Gasteiger partial charge in [-0.2, -0.15) is 0 Å². The molecule has 0 heterocycles. The predicted octanol–water partition coefficient (Wildman–Crippen LogP) is 1.60. The zero-order valence-corrected chi connectivity index (χ0v) is 8.03. The third-order valence-corrected chi connectivity index (χ3v) is 1.53. The van der Waals surface area contributed by atoms with Crippen LogP contribution in [0.1, 0.15) is 33.6 Å². The summed E-state index contributed by atoms with van der Waals surface area (Å²) in [6.07, 6.45) is 1.68. The fourth-order valence-corrected chi connectivity index (χ4v) is 0.800. The van der Waals surface area contributed by atoms with Crippen molar-refractivity contribution < 1.29 is 4.79 Å². The van der Waals surface area contributed by atoms with Crippen LogP contribution in [0.5, 0.6) is 0 Å². The third kappa shape index (κ3) is 7.53. The Morgan fingerprint density at radius 3 is 2.27 bits per heavy atom. The van der Waals surface area contributed by atoms with Crippen molar-refractivity contribution in [3.05, 3.63) is 0 Å². The van der Waals surface area contributed by atoms with Crippen molar-refractivity contribution in [1.29, 1.82) is 0 Å². The molecule has 1 N–H and O–H groups in total. The summed E-state index contributed by atoms with van der Waals surface area (Å²) < 4.78 is 0. The molecular weight excluding hydrogens is 138 g/mol. The Bertz CT molecular complexity index is 124. The molecule has 2 nitrogen and oxygen atoms in total. The summed E-state index contributed by atoms with van der Waals surface area (Å²) in [4.78, 5) is 11.0. The molecule has 0 aromatic heterocycles. The van der Waals surface area contributed by atoms with E-state index in [9.17, 15) is 4.79 Å². The second kappa shape index (κ2) is 4.50. The van der Waals surface area contributed by atoms with Gasteiger partial charge in [-0.05, 0) is 18.9 Å². The number of nitrogens with one attached hydrogen (secondary N) is 1. The number of hydrogen-bond acceptors (Lipinski definition) is 2. The van der Waals surface area contributed by atoms with Crippen molar-refractivity contribution in [2.75, 3.05) is 13.6 Å². The minimum Gasteiger partial charge on any atom is -0.313 e. The van der Waals surface area contributed by atoms with Crippen LogP contribution in [-0.4, -0.2) is 19.4 Å². The first-order valence-electron chi connectivity index (χ1n) is 4.12. The zero-order valence-electron chi connectivity index (χ0n) is 8.03. The second-order valence-corrected chi connectivity index (χ2v) is 4.13. The average Bonchev–Trinajstić information content (AvgIpc) is 1.83. The van der Waals surface area contributed by atoms with Gasteiger partial charge in [0.2, 0.25) is 0 Å². The van der Waals surface area contributed by atoms with E-state index in [0.29, 0.717) is 18.7 Å². The van der Waals surface area contributed by atoms with Gasteiger partial charge < -0.3 is 5.32 Å². The largest absolute Gasteiger partial charge is 0.313 e. The maximum atomic E-state index is 11.0. The Kier molecular flexibility index (Phi) is 4.34. The molecule has 0 spiro atoms. The van der Waals surface area contributed by atoms with Crippen LogP contribution in [0.2, 0.25) is 0 Å². The molecule has 66 valence electrons. The van der Waals surface area contributed by atoms with Crippen molar-refractivity contribution in [2.45, 2.75) is 33.6 Å². The Hall–Kier alpha value is -0.370. The first-order chi connectivity index (χ1) is 4.95. The van der Waals surface area contributed by atoms with Crippen LogP contribution in [0.25, 0.3) is 0 Å². The highest BCUT2D eigenvalue weighted by atomic mass is 16.1. The molecule has 0 aliphatic carbocycles. The molecule has 2 heteroatoms. The van der Waals surface area contributed by atoms with E-state index in [1.54, 1.807) is 7.05 Å². The van der Waals surface area contributed by atoms with Crippen molar-refractivity contribution in [3.8, 4) is 0 Å². The van der Waals surface area contributed by atoms with Crippen molar-refractivity contribution in [3.63, 3.8) is 0 Å². The maximum Gasteiger partial charge on any atom is 0.146 e. The lowest BCUT2D eigenvalue weighted by Gasteiger charge is -2.16. The van der Waals surface area contributed by atoms with Crippen LogP contribution in [0.3, 0.4) is 0 Å². The van der Waals surface area contributed by atoms with Crippen LogP contribution >= 0.6 is 0 Å². The molecule has 0 amide bonds. The molecule has 0 saturated heterocycles. The number of carbonyl (C=O) groups is 1. The summed E-state index contributed by atoms with van der Waals surface area (Å²) >= 11 is 0. The molecule has 0 atom stereocenters. The zero-order chi connectivity index (χ0) is 8.91. The Labute approximate surface area is 69.4 Å². The number of rotatable bonds is 4. The average molecular weight is 157 g/mol. The predicted molar refractivity (Wildman–Crippen MR) is 47.6 cm³/mol. The van der Waals surface area contributed by atoms with Crippen molar-refractivity contribution in [2.24, 2.45) is 5.41 Å². The third-order valence-electron chi connectivity index (χ3n) is 1.53. The quantitative estimate of drug-likeness (QED) is 0.671. The fraction of sp³-hybridized carbons (Fsp3) is 0.889. The summed E-state index contributed by atoms with van der Waals surface area (Å²) in [5, 5.41) is 2.85. The van der Waals surface area contributed by atoms with E-state index in [2.05, 4.69) is 26.1 Å². The summed E-state index contributed by atoms with van der Waals surface area (Å²) in [6, 6.07) is 0. The van der Waals surface area contributed by atoms with Crippen molar-refractivity contribution >= 4 is 5.78 Å². The maximum absolute atomic E-state index is 11.0.